The topological polar surface area (TPSA) is 69.7 Å². The fourth-order valence-electron chi connectivity index (χ4n) is 0.301. The molecule has 0 saturated heterocycles. The summed E-state index contributed by atoms with van der Waals surface area (Å²) in [5.74, 6) is -1.48. The van der Waals surface area contributed by atoms with Gasteiger partial charge in [-0.1, -0.05) is 6.58 Å². The van der Waals surface area contributed by atoms with Crippen LogP contribution in [0.4, 0.5) is 17.6 Å². The predicted molar refractivity (Wildman–Crippen MR) is 41.9 cm³/mol. The number of halogens is 4. The Balaban J connectivity index is 4.73. The molecule has 0 bridgehead atoms. The van der Waals surface area contributed by atoms with Crippen LogP contribution in [-0.4, -0.2) is 26.1 Å². The molecule has 0 radical (unpaired) electrons. The lowest BCUT2D eigenvalue weighted by molar-refractivity contribution is -0.212. The van der Waals surface area contributed by atoms with E-state index in [2.05, 4.69) is 15.8 Å². The SMILES string of the molecule is C=C(C)C(=O)OOS(=O)(=O)C(F)(F)C(F)F. The molecule has 5 nitrogen and oxygen atoms in total. The maximum atomic E-state index is 12.3. The van der Waals surface area contributed by atoms with Crippen molar-refractivity contribution in [3.8, 4) is 0 Å². The zero-order valence-electron chi connectivity index (χ0n) is 7.75. The van der Waals surface area contributed by atoms with Crippen molar-refractivity contribution in [2.75, 3.05) is 0 Å². The van der Waals surface area contributed by atoms with E-state index < -0.39 is 27.8 Å². The Kier molecular flexibility index (Phi) is 4.44. The average molecular weight is 266 g/mol. The van der Waals surface area contributed by atoms with Crippen LogP contribution in [0.3, 0.4) is 0 Å². The van der Waals surface area contributed by atoms with Crippen molar-refractivity contribution in [3.63, 3.8) is 0 Å². The van der Waals surface area contributed by atoms with Crippen molar-refractivity contribution in [1.82, 2.24) is 0 Å². The molecule has 10 heteroatoms. The molecular weight excluding hydrogens is 260 g/mol. The first-order chi connectivity index (χ1) is 7.02. The van der Waals surface area contributed by atoms with Gasteiger partial charge in [0.1, 0.15) is 0 Å². The van der Waals surface area contributed by atoms with E-state index in [1.807, 2.05) is 0 Å². The van der Waals surface area contributed by atoms with Gasteiger partial charge < -0.3 is 0 Å². The van der Waals surface area contributed by atoms with Gasteiger partial charge in [0.2, 0.25) is 0 Å². The summed E-state index contributed by atoms with van der Waals surface area (Å²) in [6.45, 7) is 4.03. The van der Waals surface area contributed by atoms with Crippen LogP contribution in [-0.2, 0) is 24.1 Å². The van der Waals surface area contributed by atoms with Crippen LogP contribution in [0.5, 0.6) is 0 Å². The molecule has 0 spiro atoms. The quantitative estimate of drug-likeness (QED) is 0.324. The maximum Gasteiger partial charge on any atom is 0.431 e. The second kappa shape index (κ2) is 4.78. The van der Waals surface area contributed by atoms with Crippen LogP contribution in [0.2, 0.25) is 0 Å². The summed E-state index contributed by atoms with van der Waals surface area (Å²) in [7, 11) is -6.06. The monoisotopic (exact) mass is 266 g/mol. The van der Waals surface area contributed by atoms with Crippen LogP contribution >= 0.6 is 0 Å². The Morgan fingerprint density at radius 1 is 1.38 bits per heavy atom. The third-order valence-electron chi connectivity index (χ3n) is 1.14. The minimum absolute atomic E-state index is 0.365. The lowest BCUT2D eigenvalue weighted by Gasteiger charge is -2.13. The van der Waals surface area contributed by atoms with Crippen LogP contribution in [0.1, 0.15) is 6.92 Å². The van der Waals surface area contributed by atoms with Crippen molar-refractivity contribution in [1.29, 1.82) is 0 Å². The third kappa shape index (κ3) is 3.17. The molecule has 0 heterocycles. The van der Waals surface area contributed by atoms with E-state index in [4.69, 9.17) is 0 Å². The third-order valence-corrected chi connectivity index (χ3v) is 2.23. The average Bonchev–Trinajstić information content (AvgIpc) is 2.13. The van der Waals surface area contributed by atoms with Gasteiger partial charge in [-0.05, 0) is 11.3 Å². The molecule has 16 heavy (non-hydrogen) atoms. The van der Waals surface area contributed by atoms with Gasteiger partial charge in [0.15, 0.2) is 0 Å². The fraction of sp³-hybridized carbons (Fsp3) is 0.500. The summed E-state index contributed by atoms with van der Waals surface area (Å²) in [6.07, 6.45) is -4.51. The molecule has 0 aromatic carbocycles. The highest BCUT2D eigenvalue weighted by atomic mass is 32.2. The van der Waals surface area contributed by atoms with Crippen LogP contribution in [0.15, 0.2) is 12.2 Å². The van der Waals surface area contributed by atoms with Gasteiger partial charge in [-0.3, -0.25) is 4.89 Å². The first-order valence-corrected chi connectivity index (χ1v) is 4.89. The summed E-state index contributed by atoms with van der Waals surface area (Å²) in [5, 5.41) is -5.47. The summed E-state index contributed by atoms with van der Waals surface area (Å²) >= 11 is 0. The van der Waals surface area contributed by atoms with E-state index in [9.17, 15) is 30.8 Å². The number of alkyl halides is 4. The zero-order valence-corrected chi connectivity index (χ0v) is 8.56. The standard InChI is InChI=1S/C6H6F4O5S/c1-3(2)4(11)14-15-16(12,13)6(9,10)5(7)8/h5H,1H2,2H3. The molecule has 0 unspecified atom stereocenters. The molecule has 0 aromatic heterocycles. The van der Waals surface area contributed by atoms with Gasteiger partial charge in [-0.2, -0.15) is 17.2 Å². The second-order valence-electron chi connectivity index (χ2n) is 2.54. The molecule has 94 valence electrons. The van der Waals surface area contributed by atoms with Gasteiger partial charge in [0.05, 0.1) is 0 Å². The van der Waals surface area contributed by atoms with Gasteiger partial charge in [-0.25, -0.2) is 13.6 Å². The first kappa shape index (κ1) is 14.8. The number of hydrogen-bond donors (Lipinski definition) is 0. The van der Waals surface area contributed by atoms with E-state index in [1.165, 1.54) is 0 Å². The molecule has 0 N–H and O–H groups in total. The molecule has 0 aliphatic heterocycles. The first-order valence-electron chi connectivity index (χ1n) is 3.49. The highest BCUT2D eigenvalue weighted by Gasteiger charge is 2.56. The highest BCUT2D eigenvalue weighted by molar-refractivity contribution is 7.87. The molecule has 0 saturated carbocycles. The van der Waals surface area contributed by atoms with Gasteiger partial charge in [0, 0.05) is 5.57 Å². The number of carbonyl (C=O) groups excluding carboxylic acids is 1. The van der Waals surface area contributed by atoms with E-state index in [0.29, 0.717) is 0 Å². The van der Waals surface area contributed by atoms with Crippen LogP contribution < -0.4 is 0 Å². The van der Waals surface area contributed by atoms with Crippen LogP contribution in [0, 0.1) is 0 Å². The van der Waals surface area contributed by atoms with Crippen molar-refractivity contribution < 1.29 is 40.0 Å². The Hall–Kier alpha value is -1.16. The largest absolute Gasteiger partial charge is 0.431 e. The summed E-state index contributed by atoms with van der Waals surface area (Å²) in [4.78, 5) is 13.9. The Bertz CT molecular complexity index is 388. The zero-order chi connectivity index (χ0) is 13.1. The second-order valence-corrected chi connectivity index (χ2v) is 4.12. The van der Waals surface area contributed by atoms with Crippen molar-refractivity contribution in [2.45, 2.75) is 18.6 Å². The molecule has 0 aromatic rings. The number of carbonyl (C=O) groups is 1. The lowest BCUT2D eigenvalue weighted by Crippen LogP contribution is -2.38. The minimum atomic E-state index is -6.06. The molecule has 0 atom stereocenters. The van der Waals surface area contributed by atoms with Gasteiger partial charge in [-0.15, -0.1) is 0 Å². The predicted octanol–water partition coefficient (Wildman–Crippen LogP) is 1.23. The normalized spacial score (nSPS) is 12.6. The summed E-state index contributed by atoms with van der Waals surface area (Å²) in [5.41, 5.74) is -0.365. The molecular formula is C6H6F4O5S. The number of hydrogen-bond acceptors (Lipinski definition) is 5. The fourth-order valence-corrected chi connectivity index (χ4v) is 0.762. The van der Waals surface area contributed by atoms with E-state index in [1.54, 1.807) is 0 Å². The smallest absolute Gasteiger partial charge is 0.276 e. The molecule has 0 aliphatic carbocycles. The Morgan fingerprint density at radius 2 is 1.81 bits per heavy atom. The highest BCUT2D eigenvalue weighted by Crippen LogP contribution is 2.30. The molecule has 0 fully saturated rings. The van der Waals surface area contributed by atoms with Crippen molar-refractivity contribution >= 4 is 16.1 Å². The Morgan fingerprint density at radius 3 is 2.12 bits per heavy atom. The molecule has 0 aliphatic rings. The molecule has 0 amide bonds. The van der Waals surface area contributed by atoms with E-state index in [-0.39, 0.29) is 5.57 Å². The minimum Gasteiger partial charge on any atom is -0.276 e. The van der Waals surface area contributed by atoms with Gasteiger partial charge >= 0.3 is 27.8 Å². The number of rotatable bonds is 5. The van der Waals surface area contributed by atoms with Crippen molar-refractivity contribution in [2.24, 2.45) is 0 Å². The van der Waals surface area contributed by atoms with Crippen molar-refractivity contribution in [3.05, 3.63) is 12.2 Å². The summed E-state index contributed by atoms with van der Waals surface area (Å²) in [6, 6.07) is 0. The Labute approximate surface area is 87.7 Å². The maximum absolute atomic E-state index is 12.3. The van der Waals surface area contributed by atoms with Gasteiger partial charge in [0.25, 0.3) is 0 Å². The molecule has 0 rings (SSSR count). The van der Waals surface area contributed by atoms with Crippen LogP contribution in [0.25, 0.3) is 0 Å². The van der Waals surface area contributed by atoms with E-state index in [0.717, 1.165) is 6.92 Å². The summed E-state index contributed by atoms with van der Waals surface area (Å²) < 4.78 is 71.8. The van der Waals surface area contributed by atoms with E-state index >= 15 is 0 Å². The lowest BCUT2D eigenvalue weighted by atomic mass is 10.4.